The maximum Gasteiger partial charge on any atom is 0.218 e. The minimum Gasteiger partial charge on any atom is -0.413 e. The highest BCUT2D eigenvalue weighted by atomic mass is 28.4. The highest BCUT2D eigenvalue weighted by molar-refractivity contribution is 6.84. The molecule has 0 amide bonds. The molecule has 1 rings (SSSR count). The lowest BCUT2D eigenvalue weighted by Gasteiger charge is -2.22. The Hall–Kier alpha value is -0.803. The maximum atomic E-state index is 5.75. The van der Waals surface area contributed by atoms with Crippen molar-refractivity contribution in [2.24, 2.45) is 0 Å². The molecule has 2 nitrogen and oxygen atoms in total. The molecule has 0 aliphatic heterocycles. The molecule has 13 heavy (non-hydrogen) atoms. The first-order valence-electron chi connectivity index (χ1n) is 4.56. The van der Waals surface area contributed by atoms with Gasteiger partial charge in [0.1, 0.15) is 0 Å². The minimum absolute atomic E-state index is 0.781. The smallest absolute Gasteiger partial charge is 0.218 e. The van der Waals surface area contributed by atoms with E-state index in [9.17, 15) is 0 Å². The van der Waals surface area contributed by atoms with Gasteiger partial charge in [-0.15, -0.1) is 0 Å². The van der Waals surface area contributed by atoms with Gasteiger partial charge in [-0.3, -0.25) is 0 Å². The van der Waals surface area contributed by atoms with Crippen molar-refractivity contribution >= 4 is 19.2 Å². The molecule has 1 aromatic carbocycles. The molecule has 0 spiro atoms. The molecule has 0 aromatic heterocycles. The maximum absolute atomic E-state index is 5.75. The molecule has 0 bridgehead atoms. The molecule has 0 saturated heterocycles. The van der Waals surface area contributed by atoms with Gasteiger partial charge >= 0.3 is 0 Å². The van der Waals surface area contributed by atoms with Gasteiger partial charge < -0.3 is 10.2 Å². The second-order valence-corrected chi connectivity index (χ2v) is 7.45. The normalized spacial score (nSPS) is 11.6. The van der Waals surface area contributed by atoms with Crippen LogP contribution < -0.4 is 10.9 Å². The van der Waals surface area contributed by atoms with E-state index in [1.54, 1.807) is 0 Å². The largest absolute Gasteiger partial charge is 0.413 e. The molecule has 2 N–H and O–H groups in total. The molecule has 0 atom stereocenters. The number of rotatable bonds is 3. The van der Waals surface area contributed by atoms with E-state index in [4.69, 9.17) is 10.2 Å². The fraction of sp³-hybridized carbons (Fsp3) is 0.400. The number of hydrogen-bond acceptors (Lipinski definition) is 2. The van der Waals surface area contributed by atoms with Crippen molar-refractivity contribution < 1.29 is 4.43 Å². The van der Waals surface area contributed by atoms with Crippen LogP contribution in [-0.2, 0) is 4.43 Å². The summed E-state index contributed by atoms with van der Waals surface area (Å²) in [6.45, 7) is 7.21. The minimum atomic E-state index is -1.66. The topological polar surface area (TPSA) is 35.2 Å². The molecule has 0 aliphatic carbocycles. The summed E-state index contributed by atoms with van der Waals surface area (Å²) in [5.74, 6) is 0. The van der Waals surface area contributed by atoms with Crippen LogP contribution in [0.5, 0.6) is 0 Å². The lowest BCUT2D eigenvalue weighted by Crippen LogP contribution is -2.44. The van der Waals surface area contributed by atoms with Gasteiger partial charge in [0, 0.05) is 12.3 Å². The van der Waals surface area contributed by atoms with E-state index in [1.165, 1.54) is 5.19 Å². The van der Waals surface area contributed by atoms with Crippen LogP contribution in [0.2, 0.25) is 13.1 Å². The Balaban J connectivity index is 2.87. The van der Waals surface area contributed by atoms with Crippen molar-refractivity contribution in [3.63, 3.8) is 0 Å². The zero-order valence-corrected chi connectivity index (χ0v) is 9.50. The summed E-state index contributed by atoms with van der Waals surface area (Å²) in [5.41, 5.74) is 6.43. The Kier molecular flexibility index (Phi) is 3.11. The SMILES string of the molecule is CCO[Si](C)(C)c1ccc(N)cc1. The summed E-state index contributed by atoms with van der Waals surface area (Å²) < 4.78 is 5.75. The van der Waals surface area contributed by atoms with Crippen LogP contribution in [0.4, 0.5) is 5.69 Å². The Morgan fingerprint density at radius 3 is 2.23 bits per heavy atom. The van der Waals surface area contributed by atoms with Gasteiger partial charge in [0.05, 0.1) is 0 Å². The Bertz CT molecular complexity index is 269. The first-order chi connectivity index (χ1) is 6.06. The molecule has 72 valence electrons. The predicted molar refractivity (Wildman–Crippen MR) is 59.6 cm³/mol. The van der Waals surface area contributed by atoms with Gasteiger partial charge in [0.25, 0.3) is 0 Å². The Morgan fingerprint density at radius 2 is 1.77 bits per heavy atom. The Labute approximate surface area is 80.8 Å². The van der Waals surface area contributed by atoms with Crippen LogP contribution in [0.15, 0.2) is 24.3 Å². The van der Waals surface area contributed by atoms with Gasteiger partial charge in [-0.25, -0.2) is 0 Å². The number of nitrogen functional groups attached to an aromatic ring is 1. The number of anilines is 1. The highest BCUT2D eigenvalue weighted by Crippen LogP contribution is 2.07. The zero-order valence-electron chi connectivity index (χ0n) is 8.50. The third kappa shape index (κ3) is 2.57. The standard InChI is InChI=1S/C10H17NOSi/c1-4-12-13(2,3)10-7-5-9(11)6-8-10/h5-8H,4,11H2,1-3H3. The molecule has 0 fully saturated rings. The molecule has 3 heteroatoms. The molecule has 0 radical (unpaired) electrons. The number of benzene rings is 1. The van der Waals surface area contributed by atoms with E-state index in [-0.39, 0.29) is 0 Å². The van der Waals surface area contributed by atoms with Crippen molar-refractivity contribution in [2.45, 2.75) is 20.0 Å². The number of nitrogens with two attached hydrogens (primary N) is 1. The first kappa shape index (κ1) is 10.3. The van der Waals surface area contributed by atoms with E-state index in [0.29, 0.717) is 0 Å². The Morgan fingerprint density at radius 1 is 1.23 bits per heavy atom. The average Bonchev–Trinajstić information content (AvgIpc) is 2.05. The van der Waals surface area contributed by atoms with Crippen molar-refractivity contribution in [1.82, 2.24) is 0 Å². The van der Waals surface area contributed by atoms with Gasteiger partial charge in [0.15, 0.2) is 0 Å². The predicted octanol–water partition coefficient (Wildman–Crippen LogP) is 1.72. The van der Waals surface area contributed by atoms with Crippen molar-refractivity contribution in [1.29, 1.82) is 0 Å². The third-order valence-electron chi connectivity index (χ3n) is 2.11. The lowest BCUT2D eigenvalue weighted by atomic mass is 10.3. The zero-order chi connectivity index (χ0) is 9.90. The van der Waals surface area contributed by atoms with Crippen LogP contribution in [0.1, 0.15) is 6.92 Å². The quantitative estimate of drug-likeness (QED) is 0.589. The summed E-state index contributed by atoms with van der Waals surface area (Å²) in [6.07, 6.45) is 0. The summed E-state index contributed by atoms with van der Waals surface area (Å²) >= 11 is 0. The molecule has 1 aromatic rings. The van der Waals surface area contributed by atoms with Crippen LogP contribution in [0.3, 0.4) is 0 Å². The second-order valence-electron chi connectivity index (χ2n) is 3.57. The molecular formula is C10H17NOSi. The monoisotopic (exact) mass is 195 g/mol. The van der Waals surface area contributed by atoms with Crippen molar-refractivity contribution in [3.8, 4) is 0 Å². The van der Waals surface area contributed by atoms with Crippen molar-refractivity contribution in [3.05, 3.63) is 24.3 Å². The highest BCUT2D eigenvalue weighted by Gasteiger charge is 2.23. The lowest BCUT2D eigenvalue weighted by molar-refractivity contribution is 0.339. The van der Waals surface area contributed by atoms with E-state index >= 15 is 0 Å². The summed E-state index contributed by atoms with van der Waals surface area (Å²) in [6, 6.07) is 8.00. The molecule has 0 aliphatic rings. The van der Waals surface area contributed by atoms with Crippen LogP contribution >= 0.6 is 0 Å². The van der Waals surface area contributed by atoms with E-state index in [1.807, 2.05) is 19.1 Å². The molecule has 0 unspecified atom stereocenters. The molecular weight excluding hydrogens is 178 g/mol. The van der Waals surface area contributed by atoms with E-state index in [0.717, 1.165) is 12.3 Å². The number of hydrogen-bond donors (Lipinski definition) is 1. The summed E-state index contributed by atoms with van der Waals surface area (Å²) in [5, 5.41) is 1.29. The first-order valence-corrected chi connectivity index (χ1v) is 7.47. The van der Waals surface area contributed by atoms with Gasteiger partial charge in [-0.1, -0.05) is 12.1 Å². The average molecular weight is 195 g/mol. The fourth-order valence-electron chi connectivity index (χ4n) is 1.33. The fourth-order valence-corrected chi connectivity index (χ4v) is 3.19. The third-order valence-corrected chi connectivity index (χ3v) is 4.85. The van der Waals surface area contributed by atoms with Crippen LogP contribution in [-0.4, -0.2) is 14.9 Å². The van der Waals surface area contributed by atoms with Gasteiger partial charge in [-0.05, 0) is 37.3 Å². The van der Waals surface area contributed by atoms with Crippen LogP contribution in [0.25, 0.3) is 0 Å². The van der Waals surface area contributed by atoms with Gasteiger partial charge in [0.2, 0.25) is 8.32 Å². The van der Waals surface area contributed by atoms with Crippen LogP contribution in [0, 0.1) is 0 Å². The summed E-state index contributed by atoms with van der Waals surface area (Å²) in [4.78, 5) is 0. The summed E-state index contributed by atoms with van der Waals surface area (Å²) in [7, 11) is -1.66. The molecule has 0 heterocycles. The van der Waals surface area contributed by atoms with E-state index in [2.05, 4.69) is 25.2 Å². The second kappa shape index (κ2) is 3.94. The molecule has 0 saturated carbocycles. The van der Waals surface area contributed by atoms with E-state index < -0.39 is 8.32 Å². The van der Waals surface area contributed by atoms with Crippen molar-refractivity contribution in [2.75, 3.05) is 12.3 Å². The van der Waals surface area contributed by atoms with Gasteiger partial charge in [-0.2, -0.15) is 0 Å².